The molecule has 0 unspecified atom stereocenters. The molecule has 1 heterocycles. The Labute approximate surface area is 141 Å². The molecule has 0 aliphatic carbocycles. The fourth-order valence-corrected chi connectivity index (χ4v) is 1.84. The number of amides is 4. The van der Waals surface area contributed by atoms with Crippen LogP contribution in [0.25, 0.3) is 0 Å². The fourth-order valence-electron chi connectivity index (χ4n) is 1.84. The lowest BCUT2D eigenvalue weighted by Crippen LogP contribution is -2.34. The van der Waals surface area contributed by atoms with Crippen molar-refractivity contribution in [3.63, 3.8) is 0 Å². The van der Waals surface area contributed by atoms with E-state index < -0.39 is 0 Å². The van der Waals surface area contributed by atoms with Crippen molar-refractivity contribution in [1.29, 1.82) is 0 Å². The summed E-state index contributed by atoms with van der Waals surface area (Å²) in [6.07, 6.45) is 5.96. The first-order chi connectivity index (χ1) is 11.3. The summed E-state index contributed by atoms with van der Waals surface area (Å²) in [6.45, 7) is 3.83. The summed E-state index contributed by atoms with van der Waals surface area (Å²) in [5.41, 5.74) is 4.47. The van der Waals surface area contributed by atoms with Crippen molar-refractivity contribution >= 4 is 29.9 Å². The summed E-state index contributed by atoms with van der Waals surface area (Å²) in [4.78, 5) is 54.7. The zero-order valence-electron chi connectivity index (χ0n) is 14.1. The molecule has 8 nitrogen and oxygen atoms in total. The normalized spacial score (nSPS) is 14.0. The van der Waals surface area contributed by atoms with Gasteiger partial charge >= 0.3 is 0 Å². The number of hydrogen-bond donors (Lipinski definition) is 2. The molecule has 0 bridgehead atoms. The van der Waals surface area contributed by atoms with Gasteiger partial charge in [-0.25, -0.2) is 0 Å². The molecule has 1 atom stereocenters. The van der Waals surface area contributed by atoms with Crippen LogP contribution in [-0.4, -0.2) is 47.9 Å². The monoisotopic (exact) mass is 339 g/mol. The number of aldehydes is 1. The molecule has 1 aliphatic heterocycles. The van der Waals surface area contributed by atoms with Crippen LogP contribution in [0.15, 0.2) is 12.2 Å². The Hall–Kier alpha value is -2.51. The molecule has 8 heteroatoms. The first-order valence-electron chi connectivity index (χ1n) is 7.79. The molecule has 24 heavy (non-hydrogen) atoms. The van der Waals surface area contributed by atoms with E-state index in [1.54, 1.807) is 0 Å². The van der Waals surface area contributed by atoms with Crippen LogP contribution in [0.5, 0.6) is 0 Å². The zero-order chi connectivity index (χ0) is 18.5. The van der Waals surface area contributed by atoms with Gasteiger partial charge in [0.05, 0.1) is 0 Å². The second-order valence-electron chi connectivity index (χ2n) is 5.48. The number of carbonyl (C=O) groups excluding carboxylic acids is 5. The van der Waals surface area contributed by atoms with Crippen LogP contribution in [0.4, 0.5) is 0 Å². The smallest absolute Gasteiger partial charge is 0.253 e. The molecular formula is C16H25N3O5. The Balaban J connectivity index is 0.00000118. The number of nitrogens with zero attached hydrogens (tertiary/aromatic N) is 1. The average Bonchev–Trinajstić information content (AvgIpc) is 2.82. The number of carbonyl (C=O) groups is 5. The minimum Gasteiger partial charge on any atom is -0.370 e. The summed E-state index contributed by atoms with van der Waals surface area (Å²) in [6, 6.07) is 0. The third-order valence-electron chi connectivity index (χ3n) is 3.10. The third kappa shape index (κ3) is 10.3. The van der Waals surface area contributed by atoms with Crippen LogP contribution in [0, 0.1) is 5.92 Å². The van der Waals surface area contributed by atoms with E-state index in [2.05, 4.69) is 11.1 Å². The lowest BCUT2D eigenvalue weighted by Gasteiger charge is -2.13. The van der Waals surface area contributed by atoms with Crippen LogP contribution in [0.1, 0.15) is 39.5 Å². The lowest BCUT2D eigenvalue weighted by molar-refractivity contribution is -0.137. The first-order valence-corrected chi connectivity index (χ1v) is 7.79. The Morgan fingerprint density at radius 2 is 1.79 bits per heavy atom. The van der Waals surface area contributed by atoms with Gasteiger partial charge in [0.25, 0.3) is 11.8 Å². The quantitative estimate of drug-likeness (QED) is 0.345. The maximum Gasteiger partial charge on any atom is 0.253 e. The van der Waals surface area contributed by atoms with Crippen LogP contribution >= 0.6 is 0 Å². The van der Waals surface area contributed by atoms with Crippen LogP contribution in [0.3, 0.4) is 0 Å². The van der Waals surface area contributed by atoms with E-state index in [4.69, 9.17) is 0 Å². The molecule has 0 aromatic carbocycles. The molecule has 0 radical (unpaired) electrons. The molecule has 0 saturated heterocycles. The highest BCUT2D eigenvalue weighted by Gasteiger charge is 2.23. The van der Waals surface area contributed by atoms with Crippen molar-refractivity contribution in [2.45, 2.75) is 39.5 Å². The number of primary amides is 1. The van der Waals surface area contributed by atoms with Gasteiger partial charge in [-0.05, 0) is 12.8 Å². The molecule has 1 aliphatic rings. The number of nitrogens with two attached hydrogens (primary N) is 1. The number of nitrogens with one attached hydrogen (secondary N) is 1. The minimum atomic E-state index is -0.370. The molecule has 0 aromatic rings. The number of rotatable bonds is 9. The molecular weight excluding hydrogens is 314 g/mol. The van der Waals surface area contributed by atoms with Gasteiger partial charge in [0.15, 0.2) is 0 Å². The highest BCUT2D eigenvalue weighted by molar-refractivity contribution is 6.13. The topological polar surface area (TPSA) is 127 Å². The van der Waals surface area contributed by atoms with E-state index in [1.807, 2.05) is 6.92 Å². The second kappa shape index (κ2) is 12.0. The van der Waals surface area contributed by atoms with Crippen molar-refractivity contribution in [3.05, 3.63) is 12.2 Å². The maximum atomic E-state index is 11.5. The Morgan fingerprint density at radius 3 is 2.29 bits per heavy atom. The van der Waals surface area contributed by atoms with Crippen LogP contribution in [-0.2, 0) is 24.0 Å². The van der Waals surface area contributed by atoms with Gasteiger partial charge in [-0.2, -0.15) is 0 Å². The highest BCUT2D eigenvalue weighted by atomic mass is 16.2. The van der Waals surface area contributed by atoms with E-state index in [0.717, 1.165) is 30.4 Å². The molecule has 3 N–H and O–H groups in total. The molecule has 4 amide bonds. The van der Waals surface area contributed by atoms with E-state index in [1.165, 1.54) is 19.1 Å². The fraction of sp³-hybridized carbons (Fsp3) is 0.562. The minimum absolute atomic E-state index is 0.0605. The van der Waals surface area contributed by atoms with Gasteiger partial charge in [0.2, 0.25) is 11.8 Å². The second-order valence-corrected chi connectivity index (χ2v) is 5.48. The summed E-state index contributed by atoms with van der Waals surface area (Å²) in [5, 5.41) is 2.73. The molecule has 0 aromatic heterocycles. The number of imide groups is 1. The Morgan fingerprint density at radius 1 is 1.25 bits per heavy atom. The van der Waals surface area contributed by atoms with Crippen LogP contribution in [0.2, 0.25) is 0 Å². The van der Waals surface area contributed by atoms with Gasteiger partial charge in [-0.3, -0.25) is 24.1 Å². The Bertz CT molecular complexity index is 480. The van der Waals surface area contributed by atoms with Gasteiger partial charge in [0.1, 0.15) is 6.29 Å². The maximum absolute atomic E-state index is 11.5. The van der Waals surface area contributed by atoms with Crippen molar-refractivity contribution in [3.8, 4) is 0 Å². The predicted octanol–water partition coefficient (Wildman–Crippen LogP) is -0.0854. The summed E-state index contributed by atoms with van der Waals surface area (Å²) in [7, 11) is 0. The van der Waals surface area contributed by atoms with Gasteiger partial charge in [-0.1, -0.05) is 13.3 Å². The summed E-state index contributed by atoms with van der Waals surface area (Å²) >= 11 is 0. The first kappa shape index (κ1) is 21.5. The van der Waals surface area contributed by atoms with E-state index in [9.17, 15) is 24.0 Å². The molecule has 1 rings (SSSR count). The third-order valence-corrected chi connectivity index (χ3v) is 3.10. The van der Waals surface area contributed by atoms with Crippen LogP contribution < -0.4 is 11.1 Å². The average molecular weight is 339 g/mol. The predicted molar refractivity (Wildman–Crippen MR) is 87.4 cm³/mol. The van der Waals surface area contributed by atoms with Crippen molar-refractivity contribution in [2.75, 3.05) is 13.1 Å². The van der Waals surface area contributed by atoms with Crippen molar-refractivity contribution < 1.29 is 24.0 Å². The molecule has 0 fully saturated rings. The number of unbranched alkanes of at least 4 members (excludes halogenated alkanes) is 1. The molecule has 0 saturated carbocycles. The SMILES string of the molecule is CC(N)=O.C[C@H](C=O)CCCCNC(=O)CCN1C(=O)C=CC1=O. The number of hydrogen-bond acceptors (Lipinski definition) is 5. The highest BCUT2D eigenvalue weighted by Crippen LogP contribution is 2.05. The van der Waals surface area contributed by atoms with E-state index >= 15 is 0 Å². The zero-order valence-corrected chi connectivity index (χ0v) is 14.1. The lowest BCUT2D eigenvalue weighted by atomic mass is 10.1. The summed E-state index contributed by atoms with van der Waals surface area (Å²) < 4.78 is 0. The van der Waals surface area contributed by atoms with Crippen molar-refractivity contribution in [1.82, 2.24) is 10.2 Å². The summed E-state index contributed by atoms with van der Waals surface area (Å²) in [5.74, 6) is -1.19. The van der Waals surface area contributed by atoms with Gasteiger partial charge in [0, 0.05) is 44.5 Å². The standard InChI is InChI=1S/C14H20N2O4.C2H5NO/c1-11(10-17)4-2-3-8-15-12(18)7-9-16-13(19)5-6-14(16)20;1-2(3)4/h5-6,10-11H,2-4,7-9H2,1H3,(H,15,18);1H3,(H2,3,4)/t11-;/m0./s1. The largest absolute Gasteiger partial charge is 0.370 e. The van der Waals surface area contributed by atoms with Gasteiger partial charge in [-0.15, -0.1) is 0 Å². The Kier molecular flexibility index (Phi) is 10.7. The van der Waals surface area contributed by atoms with E-state index in [0.29, 0.717) is 6.54 Å². The van der Waals surface area contributed by atoms with E-state index in [-0.39, 0.29) is 42.5 Å². The molecule has 0 spiro atoms. The van der Waals surface area contributed by atoms with Crippen molar-refractivity contribution in [2.24, 2.45) is 11.7 Å². The molecule has 134 valence electrons. The van der Waals surface area contributed by atoms with Gasteiger partial charge < -0.3 is 15.8 Å².